The Morgan fingerprint density at radius 2 is 1.76 bits per heavy atom. The van der Waals surface area contributed by atoms with Crippen molar-refractivity contribution in [1.29, 1.82) is 0 Å². The van der Waals surface area contributed by atoms with Crippen molar-refractivity contribution in [1.82, 2.24) is 0 Å². The molecule has 0 heterocycles. The third-order valence-electron chi connectivity index (χ3n) is 6.69. The standard InChI is InChI=1S/C16H25N/c1-10-8-9-16(17-5)11(2)6-7-12-14(13(10)16)15(12,3)4/h10-14H,6-9H2,1-4H3/t10-,11-,12+,13+,14-,16-/m0/s1. The van der Waals surface area contributed by atoms with Crippen molar-refractivity contribution >= 4 is 0 Å². The van der Waals surface area contributed by atoms with Gasteiger partial charge in [-0.25, -0.2) is 6.57 Å². The van der Waals surface area contributed by atoms with Gasteiger partial charge in [0.2, 0.25) is 5.54 Å². The molecule has 0 saturated heterocycles. The van der Waals surface area contributed by atoms with Crippen molar-refractivity contribution in [3.05, 3.63) is 11.4 Å². The van der Waals surface area contributed by atoms with Gasteiger partial charge in [-0.3, -0.25) is 0 Å². The Hall–Kier alpha value is -0.510. The van der Waals surface area contributed by atoms with E-state index in [1.165, 1.54) is 25.7 Å². The minimum Gasteiger partial charge on any atom is -0.310 e. The molecule has 3 aliphatic rings. The summed E-state index contributed by atoms with van der Waals surface area (Å²) in [6.45, 7) is 17.4. The molecule has 0 aromatic rings. The molecule has 6 atom stereocenters. The van der Waals surface area contributed by atoms with Gasteiger partial charge in [-0.05, 0) is 42.4 Å². The van der Waals surface area contributed by atoms with Crippen LogP contribution < -0.4 is 0 Å². The molecule has 3 aliphatic carbocycles. The smallest absolute Gasteiger partial charge is 0.238 e. The van der Waals surface area contributed by atoms with E-state index in [-0.39, 0.29) is 5.54 Å². The van der Waals surface area contributed by atoms with E-state index in [1.54, 1.807) is 0 Å². The average Bonchev–Trinajstić information content (AvgIpc) is 2.69. The number of hydrogen-bond donors (Lipinski definition) is 0. The Kier molecular flexibility index (Phi) is 2.23. The van der Waals surface area contributed by atoms with Crippen LogP contribution in [0.3, 0.4) is 0 Å². The maximum Gasteiger partial charge on any atom is 0.238 e. The Morgan fingerprint density at radius 1 is 1.06 bits per heavy atom. The van der Waals surface area contributed by atoms with Crippen molar-refractivity contribution in [3.63, 3.8) is 0 Å². The van der Waals surface area contributed by atoms with Crippen LogP contribution in [0.15, 0.2) is 0 Å². The molecule has 0 spiro atoms. The summed E-state index contributed by atoms with van der Waals surface area (Å²) < 4.78 is 0. The van der Waals surface area contributed by atoms with E-state index in [1.807, 2.05) is 0 Å². The first-order valence-corrected chi connectivity index (χ1v) is 7.33. The van der Waals surface area contributed by atoms with Crippen LogP contribution in [0, 0.1) is 41.6 Å². The largest absolute Gasteiger partial charge is 0.310 e. The van der Waals surface area contributed by atoms with Gasteiger partial charge in [0.15, 0.2) is 0 Å². The van der Waals surface area contributed by atoms with E-state index in [9.17, 15) is 0 Å². The van der Waals surface area contributed by atoms with E-state index >= 15 is 0 Å². The minimum absolute atomic E-state index is 0.00655. The number of nitrogens with zero attached hydrogens (tertiary/aromatic N) is 1. The molecule has 3 fully saturated rings. The highest BCUT2D eigenvalue weighted by Crippen LogP contribution is 2.72. The van der Waals surface area contributed by atoms with Crippen LogP contribution in [0.5, 0.6) is 0 Å². The highest BCUT2D eigenvalue weighted by atomic mass is 14.9. The van der Waals surface area contributed by atoms with Crippen LogP contribution in [0.2, 0.25) is 0 Å². The first-order chi connectivity index (χ1) is 7.95. The summed E-state index contributed by atoms with van der Waals surface area (Å²) in [4.78, 5) is 4.23. The fourth-order valence-electron chi connectivity index (χ4n) is 5.51. The molecule has 0 radical (unpaired) electrons. The average molecular weight is 231 g/mol. The normalized spacial score (nSPS) is 55.4. The van der Waals surface area contributed by atoms with Crippen LogP contribution in [0.4, 0.5) is 0 Å². The van der Waals surface area contributed by atoms with E-state index in [2.05, 4.69) is 32.5 Å². The molecule has 3 rings (SSSR count). The molecule has 3 saturated carbocycles. The van der Waals surface area contributed by atoms with Gasteiger partial charge in [-0.2, -0.15) is 0 Å². The molecular weight excluding hydrogens is 206 g/mol. The van der Waals surface area contributed by atoms with Crippen molar-refractivity contribution in [2.75, 3.05) is 0 Å². The molecule has 0 N–H and O–H groups in total. The van der Waals surface area contributed by atoms with Crippen molar-refractivity contribution in [2.45, 2.75) is 58.9 Å². The maximum absolute atomic E-state index is 7.80. The highest BCUT2D eigenvalue weighted by molar-refractivity contribution is 5.23. The summed E-state index contributed by atoms with van der Waals surface area (Å²) >= 11 is 0. The fraction of sp³-hybridized carbons (Fsp3) is 0.938. The molecule has 0 aromatic carbocycles. The number of rotatable bonds is 0. The lowest BCUT2D eigenvalue weighted by atomic mass is 9.71. The predicted octanol–water partition coefficient (Wildman–Crippen LogP) is 4.39. The van der Waals surface area contributed by atoms with Gasteiger partial charge in [-0.15, -0.1) is 0 Å². The van der Waals surface area contributed by atoms with Crippen LogP contribution in [0.25, 0.3) is 4.85 Å². The van der Waals surface area contributed by atoms with E-state index < -0.39 is 0 Å². The first-order valence-electron chi connectivity index (χ1n) is 7.33. The van der Waals surface area contributed by atoms with Crippen molar-refractivity contribution < 1.29 is 0 Å². The molecule has 0 amide bonds. The van der Waals surface area contributed by atoms with Crippen LogP contribution >= 0.6 is 0 Å². The zero-order valence-electron chi connectivity index (χ0n) is 11.7. The van der Waals surface area contributed by atoms with Crippen molar-refractivity contribution in [3.8, 4) is 0 Å². The lowest BCUT2D eigenvalue weighted by Gasteiger charge is -2.31. The summed E-state index contributed by atoms with van der Waals surface area (Å²) in [5.41, 5.74) is 0.534. The van der Waals surface area contributed by atoms with Gasteiger partial charge in [0, 0.05) is 18.3 Å². The Labute approximate surface area is 106 Å². The van der Waals surface area contributed by atoms with Gasteiger partial charge in [-0.1, -0.05) is 27.7 Å². The van der Waals surface area contributed by atoms with Crippen LogP contribution in [-0.2, 0) is 0 Å². The highest BCUT2D eigenvalue weighted by Gasteiger charge is 2.72. The Balaban J connectivity index is 2.04. The van der Waals surface area contributed by atoms with Gasteiger partial charge in [0.1, 0.15) is 0 Å². The quantitative estimate of drug-likeness (QED) is 0.544. The van der Waals surface area contributed by atoms with E-state index in [4.69, 9.17) is 6.57 Å². The van der Waals surface area contributed by atoms with Gasteiger partial charge < -0.3 is 4.85 Å². The number of fused-ring (bicyclic) bond motifs is 3. The Morgan fingerprint density at radius 3 is 2.41 bits per heavy atom. The SMILES string of the molecule is [C-]#[N+][C@]12CC[C@H](C)[C@@H]1[C@@H]1[C@@H](CC[C@@H]2C)C1(C)C. The van der Waals surface area contributed by atoms with Crippen LogP contribution in [0.1, 0.15) is 53.4 Å². The third-order valence-corrected chi connectivity index (χ3v) is 6.69. The third kappa shape index (κ3) is 1.25. The molecule has 0 aliphatic heterocycles. The lowest BCUT2D eigenvalue weighted by molar-refractivity contribution is 0.196. The second-order valence-electron chi connectivity index (χ2n) is 7.58. The molecule has 17 heavy (non-hydrogen) atoms. The molecule has 94 valence electrons. The summed E-state index contributed by atoms with van der Waals surface area (Å²) in [7, 11) is 0. The molecule has 0 bridgehead atoms. The second-order valence-corrected chi connectivity index (χ2v) is 7.58. The summed E-state index contributed by atoms with van der Waals surface area (Å²) in [5, 5.41) is 0. The molecule has 1 nitrogen and oxygen atoms in total. The van der Waals surface area contributed by atoms with E-state index in [0.29, 0.717) is 17.3 Å². The topological polar surface area (TPSA) is 4.36 Å². The zero-order valence-corrected chi connectivity index (χ0v) is 11.7. The lowest BCUT2D eigenvalue weighted by Crippen LogP contribution is -2.39. The molecule has 0 aromatic heterocycles. The molecule has 1 heteroatoms. The van der Waals surface area contributed by atoms with Crippen LogP contribution in [-0.4, -0.2) is 5.54 Å². The summed E-state index contributed by atoms with van der Waals surface area (Å²) in [5.74, 6) is 3.85. The second kappa shape index (κ2) is 3.28. The zero-order chi connectivity index (χ0) is 12.4. The van der Waals surface area contributed by atoms with Gasteiger partial charge in [0.05, 0.1) is 0 Å². The molecular formula is C16H25N. The van der Waals surface area contributed by atoms with E-state index in [0.717, 1.165) is 17.8 Å². The number of hydrogen-bond acceptors (Lipinski definition) is 0. The minimum atomic E-state index is 0.00655. The monoisotopic (exact) mass is 231 g/mol. The first kappa shape index (κ1) is 11.6. The van der Waals surface area contributed by atoms with Gasteiger partial charge >= 0.3 is 0 Å². The molecule has 0 unspecified atom stereocenters. The Bertz CT molecular complexity index is 377. The maximum atomic E-state index is 7.80. The summed E-state index contributed by atoms with van der Waals surface area (Å²) in [6.07, 6.45) is 5.12. The van der Waals surface area contributed by atoms with Crippen molar-refractivity contribution in [2.24, 2.45) is 35.0 Å². The predicted molar refractivity (Wildman–Crippen MR) is 70.4 cm³/mol. The fourth-order valence-corrected chi connectivity index (χ4v) is 5.51. The summed E-state index contributed by atoms with van der Waals surface area (Å²) in [6, 6.07) is 0. The van der Waals surface area contributed by atoms with Gasteiger partial charge in [0.25, 0.3) is 0 Å².